The Morgan fingerprint density at radius 1 is 1.00 bits per heavy atom. The molecule has 47 heavy (non-hydrogen) atoms. The normalized spacial score (nSPS) is 16.6. The van der Waals surface area contributed by atoms with Crippen LogP contribution in [0.1, 0.15) is 40.3 Å². The standard InChI is InChI=1S/C34H31FN8O4/c35-27-10-5-7-23(19-27)21-38-33(45)34(20-25-8-2-4-12-30(25)41-43-37)31(29-11-3-1-9-26(29)22-39-42-36)47-32(40-34)24-13-15-28(16-14-24)46-18-6-17-44/h1-5,7-16,19,31,44H,6,17-18,20-22H2,(H,38,45)/t31-,34-/m1/s1. The van der Waals surface area contributed by atoms with Crippen LogP contribution in [0.4, 0.5) is 10.1 Å². The van der Waals surface area contributed by atoms with E-state index in [1.807, 2.05) is 0 Å². The Morgan fingerprint density at radius 2 is 1.77 bits per heavy atom. The molecule has 0 saturated carbocycles. The topological polar surface area (TPSA) is 178 Å². The minimum absolute atomic E-state index is 0.00194. The predicted octanol–water partition coefficient (Wildman–Crippen LogP) is 7.16. The molecule has 2 atom stereocenters. The van der Waals surface area contributed by atoms with Crippen molar-refractivity contribution < 1.29 is 23.8 Å². The molecular weight excluding hydrogens is 603 g/mol. The number of nitrogens with zero attached hydrogens (tertiary/aromatic N) is 7. The highest BCUT2D eigenvalue weighted by molar-refractivity contribution is 6.01. The van der Waals surface area contributed by atoms with E-state index in [0.29, 0.717) is 52.3 Å². The molecule has 1 amide bonds. The molecule has 0 aliphatic carbocycles. The van der Waals surface area contributed by atoms with Crippen LogP contribution in [0.3, 0.4) is 0 Å². The van der Waals surface area contributed by atoms with Crippen LogP contribution < -0.4 is 10.1 Å². The lowest BCUT2D eigenvalue weighted by atomic mass is 9.80. The summed E-state index contributed by atoms with van der Waals surface area (Å²) in [5, 5.41) is 19.6. The second-order valence-electron chi connectivity index (χ2n) is 10.7. The fourth-order valence-corrected chi connectivity index (χ4v) is 5.38. The van der Waals surface area contributed by atoms with Crippen LogP contribution in [0.15, 0.2) is 112 Å². The van der Waals surface area contributed by atoms with Crippen LogP contribution in [0.25, 0.3) is 20.9 Å². The molecule has 0 bridgehead atoms. The number of aliphatic hydroxyl groups is 1. The summed E-state index contributed by atoms with van der Waals surface area (Å²) in [5.74, 6) is -0.190. The van der Waals surface area contributed by atoms with Gasteiger partial charge in [-0.25, -0.2) is 9.38 Å². The minimum Gasteiger partial charge on any atom is -0.494 e. The van der Waals surface area contributed by atoms with E-state index < -0.39 is 23.4 Å². The first-order valence-electron chi connectivity index (χ1n) is 14.8. The monoisotopic (exact) mass is 634 g/mol. The maximum Gasteiger partial charge on any atom is 0.252 e. The number of ether oxygens (including phenoxy) is 2. The van der Waals surface area contributed by atoms with Crippen molar-refractivity contribution >= 4 is 17.5 Å². The van der Waals surface area contributed by atoms with Gasteiger partial charge in [0.15, 0.2) is 11.6 Å². The van der Waals surface area contributed by atoms with E-state index >= 15 is 0 Å². The number of azide groups is 2. The number of rotatable bonds is 14. The van der Waals surface area contributed by atoms with Crippen LogP contribution in [-0.2, 0) is 29.0 Å². The molecule has 1 aliphatic rings. The van der Waals surface area contributed by atoms with Crippen LogP contribution >= 0.6 is 0 Å². The maximum atomic E-state index is 14.6. The Balaban J connectivity index is 1.64. The van der Waals surface area contributed by atoms with Crippen molar-refractivity contribution in [3.05, 3.63) is 152 Å². The lowest BCUT2D eigenvalue weighted by Gasteiger charge is -2.32. The van der Waals surface area contributed by atoms with Crippen molar-refractivity contribution in [3.8, 4) is 5.75 Å². The average molecular weight is 635 g/mol. The summed E-state index contributed by atoms with van der Waals surface area (Å²) in [6, 6.07) is 26.9. The van der Waals surface area contributed by atoms with E-state index in [4.69, 9.17) is 25.1 Å². The van der Waals surface area contributed by atoms with Gasteiger partial charge in [-0.2, -0.15) is 0 Å². The zero-order valence-corrected chi connectivity index (χ0v) is 25.2. The van der Waals surface area contributed by atoms with Gasteiger partial charge in [0.25, 0.3) is 5.91 Å². The molecular formula is C34H31FN8O4. The van der Waals surface area contributed by atoms with Gasteiger partial charge in [0.2, 0.25) is 5.90 Å². The van der Waals surface area contributed by atoms with Gasteiger partial charge in [0, 0.05) is 47.1 Å². The number of amides is 1. The highest BCUT2D eigenvalue weighted by atomic mass is 19.1. The number of aliphatic hydroxyl groups excluding tert-OH is 1. The van der Waals surface area contributed by atoms with E-state index in [1.165, 1.54) is 12.1 Å². The molecule has 0 radical (unpaired) electrons. The second-order valence-corrected chi connectivity index (χ2v) is 10.7. The Bertz CT molecular complexity index is 1860. The molecule has 4 aromatic carbocycles. The fourth-order valence-electron chi connectivity index (χ4n) is 5.38. The maximum absolute atomic E-state index is 14.6. The fraction of sp³-hybridized carbons (Fsp3) is 0.235. The van der Waals surface area contributed by atoms with Gasteiger partial charge in [-0.1, -0.05) is 70.9 Å². The van der Waals surface area contributed by atoms with Crippen molar-refractivity contribution in [1.29, 1.82) is 0 Å². The largest absolute Gasteiger partial charge is 0.494 e. The molecule has 0 aromatic heterocycles. The summed E-state index contributed by atoms with van der Waals surface area (Å²) < 4.78 is 26.3. The highest BCUT2D eigenvalue weighted by Gasteiger charge is 2.54. The summed E-state index contributed by atoms with van der Waals surface area (Å²) in [6.45, 7) is 0.361. The number of carbonyl (C=O) groups is 1. The van der Waals surface area contributed by atoms with Crippen LogP contribution in [-0.4, -0.2) is 35.7 Å². The Labute approximate surface area is 269 Å². The van der Waals surface area contributed by atoms with E-state index in [1.54, 1.807) is 84.9 Å². The van der Waals surface area contributed by atoms with Crippen molar-refractivity contribution in [2.75, 3.05) is 13.2 Å². The molecule has 12 nitrogen and oxygen atoms in total. The van der Waals surface area contributed by atoms with Gasteiger partial charge >= 0.3 is 0 Å². The quantitative estimate of drug-likeness (QED) is 0.0647. The zero-order chi connectivity index (χ0) is 33.1. The second kappa shape index (κ2) is 15.4. The third kappa shape index (κ3) is 7.69. The first-order valence-corrected chi connectivity index (χ1v) is 14.8. The lowest BCUT2D eigenvalue weighted by molar-refractivity contribution is -0.129. The van der Waals surface area contributed by atoms with Gasteiger partial charge < -0.3 is 19.9 Å². The van der Waals surface area contributed by atoms with Crippen LogP contribution in [0.5, 0.6) is 5.75 Å². The van der Waals surface area contributed by atoms with E-state index in [-0.39, 0.29) is 32.0 Å². The molecule has 1 aliphatic heterocycles. The van der Waals surface area contributed by atoms with Gasteiger partial charge in [0.1, 0.15) is 11.6 Å². The number of hydrogen-bond acceptors (Lipinski definition) is 7. The lowest BCUT2D eigenvalue weighted by Crippen LogP contribution is -2.50. The highest BCUT2D eigenvalue weighted by Crippen LogP contribution is 2.45. The van der Waals surface area contributed by atoms with Crippen molar-refractivity contribution in [3.63, 3.8) is 0 Å². The molecule has 0 unspecified atom stereocenters. The van der Waals surface area contributed by atoms with Crippen molar-refractivity contribution in [1.82, 2.24) is 5.32 Å². The summed E-state index contributed by atoms with van der Waals surface area (Å²) >= 11 is 0. The van der Waals surface area contributed by atoms with Crippen LogP contribution in [0.2, 0.25) is 0 Å². The smallest absolute Gasteiger partial charge is 0.252 e. The van der Waals surface area contributed by atoms with Gasteiger partial charge in [-0.05, 0) is 69.7 Å². The molecule has 13 heteroatoms. The molecule has 238 valence electrons. The van der Waals surface area contributed by atoms with Crippen molar-refractivity contribution in [2.24, 2.45) is 15.2 Å². The number of nitrogens with one attached hydrogen (secondary N) is 1. The predicted molar refractivity (Wildman–Crippen MR) is 173 cm³/mol. The molecule has 0 saturated heterocycles. The molecule has 1 heterocycles. The number of aliphatic imine (C=N–C) groups is 1. The molecule has 2 N–H and O–H groups in total. The first kappa shape index (κ1) is 32.5. The number of halogens is 1. The molecule has 0 spiro atoms. The van der Waals surface area contributed by atoms with E-state index in [0.717, 1.165) is 0 Å². The summed E-state index contributed by atoms with van der Waals surface area (Å²) in [4.78, 5) is 25.4. The average Bonchev–Trinajstić information content (AvgIpc) is 3.48. The zero-order valence-electron chi connectivity index (χ0n) is 25.2. The summed E-state index contributed by atoms with van der Waals surface area (Å²) in [5.41, 5.74) is 19.9. The molecule has 0 fully saturated rings. The van der Waals surface area contributed by atoms with E-state index in [9.17, 15) is 14.7 Å². The van der Waals surface area contributed by atoms with Gasteiger partial charge in [-0.15, -0.1) is 0 Å². The SMILES string of the molecule is [N-]=[N+]=NCc1ccccc1[C@H]1OC(c2ccc(OCCCO)cc2)=N[C@@]1(Cc1ccccc1N=[N+]=[N-])C(=O)NCc1cccc(F)c1. The number of benzene rings is 4. The number of hydrogen-bond donors (Lipinski definition) is 2. The van der Waals surface area contributed by atoms with Gasteiger partial charge in [-0.3, -0.25) is 4.79 Å². The minimum atomic E-state index is -1.66. The third-order valence-corrected chi connectivity index (χ3v) is 7.62. The Kier molecular flexibility index (Phi) is 10.7. The Morgan fingerprint density at radius 3 is 2.51 bits per heavy atom. The Hall–Kier alpha value is -5.87. The van der Waals surface area contributed by atoms with Crippen LogP contribution in [0, 0.1) is 5.82 Å². The molecule has 5 rings (SSSR count). The summed E-state index contributed by atoms with van der Waals surface area (Å²) in [7, 11) is 0. The first-order chi connectivity index (χ1) is 23.0. The number of carbonyl (C=O) groups excluding carboxylic acids is 1. The summed E-state index contributed by atoms with van der Waals surface area (Å²) in [6.07, 6.45) is -0.572. The molecule has 4 aromatic rings. The van der Waals surface area contributed by atoms with Crippen molar-refractivity contribution in [2.45, 2.75) is 37.6 Å². The van der Waals surface area contributed by atoms with Gasteiger partial charge in [0.05, 0.1) is 13.2 Å². The third-order valence-electron chi connectivity index (χ3n) is 7.62. The van der Waals surface area contributed by atoms with E-state index in [2.05, 4.69) is 25.4 Å².